The summed E-state index contributed by atoms with van der Waals surface area (Å²) in [6, 6.07) is 9.18. The minimum atomic E-state index is 0. The molecule has 118 valence electrons. The Morgan fingerprint density at radius 1 is 1.14 bits per heavy atom. The van der Waals surface area contributed by atoms with Crippen LogP contribution in [0.2, 0.25) is 0 Å². The van der Waals surface area contributed by atoms with Crippen molar-refractivity contribution in [2.45, 2.75) is 31.3 Å². The van der Waals surface area contributed by atoms with Gasteiger partial charge in [0, 0.05) is 25.7 Å². The third-order valence-corrected chi connectivity index (χ3v) is 4.39. The van der Waals surface area contributed by atoms with Gasteiger partial charge in [0.15, 0.2) is 11.6 Å². The number of nitrogens with zero attached hydrogens (tertiary/aromatic N) is 3. The molecule has 2 heterocycles. The number of hydrogen-bond donors (Lipinski definition) is 2. The highest BCUT2D eigenvalue weighted by Crippen LogP contribution is 2.31. The van der Waals surface area contributed by atoms with Crippen LogP contribution >= 0.6 is 12.4 Å². The highest BCUT2D eigenvalue weighted by atomic mass is 35.5. The van der Waals surface area contributed by atoms with Crippen molar-refractivity contribution in [2.75, 3.05) is 30.4 Å². The fourth-order valence-electron chi connectivity index (χ4n) is 2.90. The third kappa shape index (κ3) is 2.96. The molecular formula is C16H22ClN5. The predicted octanol–water partition coefficient (Wildman–Crippen LogP) is 2.42. The summed E-state index contributed by atoms with van der Waals surface area (Å²) in [6.45, 7) is 2.11. The van der Waals surface area contributed by atoms with Gasteiger partial charge in [-0.25, -0.2) is 9.97 Å². The zero-order valence-corrected chi connectivity index (χ0v) is 13.6. The summed E-state index contributed by atoms with van der Waals surface area (Å²) in [7, 11) is 2.13. The van der Waals surface area contributed by atoms with Gasteiger partial charge in [-0.3, -0.25) is 0 Å². The van der Waals surface area contributed by atoms with Crippen LogP contribution in [0.5, 0.6) is 0 Å². The quantitative estimate of drug-likeness (QED) is 0.906. The summed E-state index contributed by atoms with van der Waals surface area (Å²) in [4.78, 5) is 12.0. The number of fused-ring (bicyclic) bond motifs is 1. The number of likely N-dealkylation sites (N-methyl/N-ethyl adjacent to an activating group) is 1. The molecule has 0 spiro atoms. The van der Waals surface area contributed by atoms with Crippen molar-refractivity contribution in [1.29, 1.82) is 0 Å². The topological polar surface area (TPSA) is 53.1 Å². The van der Waals surface area contributed by atoms with E-state index in [4.69, 9.17) is 9.97 Å². The third-order valence-electron chi connectivity index (χ3n) is 4.39. The van der Waals surface area contributed by atoms with Gasteiger partial charge in [0.2, 0.25) is 0 Å². The van der Waals surface area contributed by atoms with Crippen LogP contribution in [0.1, 0.15) is 19.3 Å². The number of anilines is 2. The Balaban J connectivity index is 0.00000144. The van der Waals surface area contributed by atoms with Crippen molar-refractivity contribution in [1.82, 2.24) is 15.3 Å². The molecule has 2 aliphatic rings. The fourth-order valence-corrected chi connectivity index (χ4v) is 2.90. The van der Waals surface area contributed by atoms with Crippen molar-refractivity contribution in [3.05, 3.63) is 24.3 Å². The average molecular weight is 320 g/mol. The van der Waals surface area contributed by atoms with Crippen LogP contribution in [-0.4, -0.2) is 42.2 Å². The fraction of sp³-hybridized carbons (Fsp3) is 0.500. The van der Waals surface area contributed by atoms with E-state index >= 15 is 0 Å². The molecule has 0 unspecified atom stereocenters. The van der Waals surface area contributed by atoms with Gasteiger partial charge in [-0.05, 0) is 37.9 Å². The second kappa shape index (κ2) is 6.26. The van der Waals surface area contributed by atoms with Gasteiger partial charge >= 0.3 is 0 Å². The number of aromatic nitrogens is 2. The molecule has 4 rings (SSSR count). The largest absolute Gasteiger partial charge is 0.364 e. The molecule has 0 bridgehead atoms. The van der Waals surface area contributed by atoms with E-state index < -0.39 is 0 Å². The van der Waals surface area contributed by atoms with Crippen LogP contribution in [0.3, 0.4) is 0 Å². The van der Waals surface area contributed by atoms with Crippen LogP contribution < -0.4 is 15.5 Å². The molecule has 1 aliphatic carbocycles. The van der Waals surface area contributed by atoms with Crippen LogP contribution in [0, 0.1) is 0 Å². The predicted molar refractivity (Wildman–Crippen MR) is 93.1 cm³/mol. The Labute approximate surface area is 136 Å². The summed E-state index contributed by atoms with van der Waals surface area (Å²) >= 11 is 0. The maximum absolute atomic E-state index is 4.87. The molecule has 22 heavy (non-hydrogen) atoms. The van der Waals surface area contributed by atoms with E-state index in [9.17, 15) is 0 Å². The first-order valence-corrected chi connectivity index (χ1v) is 7.78. The molecule has 1 aromatic carbocycles. The van der Waals surface area contributed by atoms with Crippen molar-refractivity contribution >= 4 is 35.1 Å². The van der Waals surface area contributed by atoms with Gasteiger partial charge in [0.1, 0.15) is 0 Å². The number of benzene rings is 1. The molecular weight excluding hydrogens is 298 g/mol. The summed E-state index contributed by atoms with van der Waals surface area (Å²) in [5, 5.41) is 6.97. The normalized spacial score (nSPS) is 20.7. The molecule has 0 radical (unpaired) electrons. The number of rotatable bonds is 4. The van der Waals surface area contributed by atoms with Crippen molar-refractivity contribution in [3.63, 3.8) is 0 Å². The van der Waals surface area contributed by atoms with Gasteiger partial charge in [-0.15, -0.1) is 12.4 Å². The van der Waals surface area contributed by atoms with Crippen molar-refractivity contribution in [3.8, 4) is 0 Å². The lowest BCUT2D eigenvalue weighted by Gasteiger charge is -2.27. The van der Waals surface area contributed by atoms with E-state index in [1.165, 1.54) is 12.8 Å². The molecule has 0 amide bonds. The molecule has 2 N–H and O–H groups in total. The lowest BCUT2D eigenvalue weighted by atomic mass is 10.2. The number of nitrogens with one attached hydrogen (secondary N) is 2. The van der Waals surface area contributed by atoms with Gasteiger partial charge in [-0.2, -0.15) is 0 Å². The highest BCUT2D eigenvalue weighted by molar-refractivity contribution is 5.85. The summed E-state index contributed by atoms with van der Waals surface area (Å²) in [5.41, 5.74) is 1.93. The smallest absolute Gasteiger partial charge is 0.172 e. The van der Waals surface area contributed by atoms with Crippen LogP contribution in [-0.2, 0) is 0 Å². The second-order valence-electron chi connectivity index (χ2n) is 6.06. The van der Waals surface area contributed by atoms with Gasteiger partial charge in [0.05, 0.1) is 11.0 Å². The Hall–Kier alpha value is -1.59. The highest BCUT2D eigenvalue weighted by Gasteiger charge is 2.27. The first kappa shape index (κ1) is 15.3. The Morgan fingerprint density at radius 3 is 2.50 bits per heavy atom. The Bertz CT molecular complexity index is 652. The Morgan fingerprint density at radius 2 is 1.86 bits per heavy atom. The first-order valence-electron chi connectivity index (χ1n) is 7.78. The van der Waals surface area contributed by atoms with Crippen LogP contribution in [0.4, 0.5) is 11.6 Å². The van der Waals surface area contributed by atoms with Crippen LogP contribution in [0.15, 0.2) is 24.3 Å². The van der Waals surface area contributed by atoms with E-state index in [-0.39, 0.29) is 12.4 Å². The van der Waals surface area contributed by atoms with Crippen LogP contribution in [0.25, 0.3) is 11.0 Å². The molecule has 2 fully saturated rings. The molecule has 6 heteroatoms. The van der Waals surface area contributed by atoms with E-state index in [0.717, 1.165) is 42.2 Å². The number of para-hydroxylation sites is 2. The second-order valence-corrected chi connectivity index (χ2v) is 6.06. The van der Waals surface area contributed by atoms with E-state index in [1.807, 2.05) is 24.3 Å². The van der Waals surface area contributed by atoms with E-state index in [0.29, 0.717) is 12.1 Å². The Kier molecular flexibility index (Phi) is 4.36. The summed E-state index contributed by atoms with van der Waals surface area (Å²) in [5.74, 6) is 1.92. The number of hydrogen-bond acceptors (Lipinski definition) is 5. The zero-order valence-electron chi connectivity index (χ0n) is 12.7. The summed E-state index contributed by atoms with van der Waals surface area (Å²) < 4.78 is 0. The number of halogens is 1. The molecule has 1 saturated heterocycles. The first-order chi connectivity index (χ1) is 10.3. The SMILES string of the molecule is CN(c1nc2ccccc2nc1NC1CC1)[C@@H]1CCNC1.Cl. The van der Waals surface area contributed by atoms with E-state index in [1.54, 1.807) is 0 Å². The molecule has 5 nitrogen and oxygen atoms in total. The van der Waals surface area contributed by atoms with E-state index in [2.05, 4.69) is 22.6 Å². The summed E-state index contributed by atoms with van der Waals surface area (Å²) in [6.07, 6.45) is 3.64. The van der Waals surface area contributed by atoms with Gasteiger partial charge in [0.25, 0.3) is 0 Å². The monoisotopic (exact) mass is 319 g/mol. The minimum absolute atomic E-state index is 0. The minimum Gasteiger partial charge on any atom is -0.364 e. The van der Waals surface area contributed by atoms with Gasteiger partial charge < -0.3 is 15.5 Å². The maximum Gasteiger partial charge on any atom is 0.172 e. The zero-order chi connectivity index (χ0) is 14.2. The molecule has 1 saturated carbocycles. The maximum atomic E-state index is 4.87. The molecule has 1 aliphatic heterocycles. The van der Waals surface area contributed by atoms with Crippen molar-refractivity contribution in [2.24, 2.45) is 0 Å². The van der Waals surface area contributed by atoms with Gasteiger partial charge in [-0.1, -0.05) is 12.1 Å². The average Bonchev–Trinajstić information content (AvgIpc) is 3.16. The van der Waals surface area contributed by atoms with Crippen molar-refractivity contribution < 1.29 is 0 Å². The standard InChI is InChI=1S/C16H21N5.ClH/c1-21(12-8-9-17-10-12)16-15(18-11-6-7-11)19-13-4-2-3-5-14(13)20-16;/h2-5,11-12,17H,6-10H2,1H3,(H,18,19);1H/t12-;/m1./s1. The molecule has 1 atom stereocenters. The molecule has 1 aromatic heterocycles. The molecule has 2 aromatic rings. The lowest BCUT2D eigenvalue weighted by Crippen LogP contribution is -2.34. The lowest BCUT2D eigenvalue weighted by molar-refractivity contribution is 0.678.